The Morgan fingerprint density at radius 2 is 2.09 bits per heavy atom. The lowest BCUT2D eigenvalue weighted by molar-refractivity contribution is -0.126. The molecule has 0 aliphatic rings. The summed E-state index contributed by atoms with van der Waals surface area (Å²) in [7, 11) is 0. The smallest absolute Gasteiger partial charge is 0.237 e. The number of carbonyl (C=O) groups excluding carboxylic acids is 2. The third kappa shape index (κ3) is 4.11. The van der Waals surface area contributed by atoms with Crippen LogP contribution in [0.15, 0.2) is 18.2 Å². The average Bonchev–Trinajstić information content (AvgIpc) is 2.84. The maximum absolute atomic E-state index is 12.0. The predicted octanol–water partition coefficient (Wildman–Crippen LogP) is 1.82. The van der Waals surface area contributed by atoms with E-state index in [-0.39, 0.29) is 30.6 Å². The molecule has 3 N–H and O–H groups in total. The van der Waals surface area contributed by atoms with Gasteiger partial charge in [-0.3, -0.25) is 9.59 Å². The number of hydrogen-bond donors (Lipinski definition) is 2. The van der Waals surface area contributed by atoms with E-state index in [0.717, 1.165) is 15.2 Å². The van der Waals surface area contributed by atoms with Crippen molar-refractivity contribution in [1.82, 2.24) is 10.3 Å². The number of aryl methyl sites for hydroxylation is 1. The van der Waals surface area contributed by atoms with E-state index in [1.165, 1.54) is 16.9 Å². The standard InChI is InChI=1S/C16H21N3O2S/c1-9(2)15(17)16(21)18-8-11(20)7-14-19-12-5-4-10(3)6-13(12)22-14/h4-6,9,15H,7-8,17H2,1-3H3,(H,18,21)/t15-/m1/s1. The second kappa shape index (κ2) is 6.98. The van der Waals surface area contributed by atoms with Crippen LogP contribution in [-0.4, -0.2) is 29.3 Å². The number of fused-ring (bicyclic) bond motifs is 1. The molecule has 0 aliphatic carbocycles. The van der Waals surface area contributed by atoms with Gasteiger partial charge in [0.1, 0.15) is 5.01 Å². The lowest BCUT2D eigenvalue weighted by atomic mass is 10.1. The second-order valence-corrected chi connectivity index (χ2v) is 6.90. The summed E-state index contributed by atoms with van der Waals surface area (Å²) < 4.78 is 1.08. The lowest BCUT2D eigenvalue weighted by Crippen LogP contribution is -2.45. The second-order valence-electron chi connectivity index (χ2n) is 5.78. The van der Waals surface area contributed by atoms with Crippen molar-refractivity contribution in [2.45, 2.75) is 33.2 Å². The Morgan fingerprint density at radius 1 is 1.36 bits per heavy atom. The van der Waals surface area contributed by atoms with Crippen LogP contribution in [0.5, 0.6) is 0 Å². The van der Waals surface area contributed by atoms with Crippen LogP contribution in [-0.2, 0) is 16.0 Å². The van der Waals surface area contributed by atoms with E-state index in [4.69, 9.17) is 5.73 Å². The molecule has 5 nitrogen and oxygen atoms in total. The van der Waals surface area contributed by atoms with Crippen LogP contribution in [0.1, 0.15) is 24.4 Å². The SMILES string of the molecule is Cc1ccc2nc(CC(=O)CNC(=O)[C@H](N)C(C)C)sc2c1. The number of amides is 1. The largest absolute Gasteiger partial charge is 0.348 e. The van der Waals surface area contributed by atoms with E-state index in [1.807, 2.05) is 32.9 Å². The molecule has 1 amide bonds. The van der Waals surface area contributed by atoms with Gasteiger partial charge in [-0.2, -0.15) is 0 Å². The van der Waals surface area contributed by atoms with E-state index in [2.05, 4.69) is 16.4 Å². The quantitative estimate of drug-likeness (QED) is 0.850. The maximum atomic E-state index is 12.0. The highest BCUT2D eigenvalue weighted by Crippen LogP contribution is 2.23. The number of nitrogens with one attached hydrogen (secondary N) is 1. The van der Waals surface area contributed by atoms with Gasteiger partial charge in [-0.1, -0.05) is 19.9 Å². The molecule has 0 fully saturated rings. The average molecular weight is 319 g/mol. The highest BCUT2D eigenvalue weighted by atomic mass is 32.1. The molecule has 0 saturated carbocycles. The molecule has 0 spiro atoms. The number of thiazole rings is 1. The Balaban J connectivity index is 1.92. The van der Waals surface area contributed by atoms with Crippen molar-refractivity contribution in [1.29, 1.82) is 0 Å². The molecular weight excluding hydrogens is 298 g/mol. The summed E-state index contributed by atoms with van der Waals surface area (Å²) in [4.78, 5) is 28.1. The fourth-order valence-electron chi connectivity index (χ4n) is 1.99. The first kappa shape index (κ1) is 16.6. The molecular formula is C16H21N3O2S. The van der Waals surface area contributed by atoms with Gasteiger partial charge in [0.15, 0.2) is 5.78 Å². The molecule has 6 heteroatoms. The Hall–Kier alpha value is -1.79. The summed E-state index contributed by atoms with van der Waals surface area (Å²) in [6, 6.07) is 5.43. The molecule has 1 heterocycles. The molecule has 0 saturated heterocycles. The maximum Gasteiger partial charge on any atom is 0.237 e. The molecule has 0 radical (unpaired) electrons. The molecule has 1 aromatic carbocycles. The number of rotatable bonds is 6. The highest BCUT2D eigenvalue weighted by Gasteiger charge is 2.18. The van der Waals surface area contributed by atoms with Gasteiger partial charge in [-0.15, -0.1) is 11.3 Å². The number of nitrogens with zero attached hydrogens (tertiary/aromatic N) is 1. The zero-order valence-corrected chi connectivity index (χ0v) is 13.9. The van der Waals surface area contributed by atoms with Gasteiger partial charge in [-0.25, -0.2) is 4.98 Å². The molecule has 22 heavy (non-hydrogen) atoms. The van der Waals surface area contributed by atoms with Crippen LogP contribution in [0.4, 0.5) is 0 Å². The van der Waals surface area contributed by atoms with Crippen LogP contribution in [0.3, 0.4) is 0 Å². The van der Waals surface area contributed by atoms with Gasteiger partial charge in [-0.05, 0) is 30.5 Å². The van der Waals surface area contributed by atoms with Gasteiger partial charge in [0.25, 0.3) is 0 Å². The number of nitrogens with two attached hydrogens (primary N) is 1. The highest BCUT2D eigenvalue weighted by molar-refractivity contribution is 7.18. The van der Waals surface area contributed by atoms with Crippen LogP contribution in [0.2, 0.25) is 0 Å². The minimum absolute atomic E-state index is 0.00575. The van der Waals surface area contributed by atoms with Gasteiger partial charge >= 0.3 is 0 Å². The molecule has 118 valence electrons. The Kier molecular flexibility index (Phi) is 5.26. The first-order valence-electron chi connectivity index (χ1n) is 7.28. The van der Waals surface area contributed by atoms with Gasteiger partial charge in [0.05, 0.1) is 29.2 Å². The third-order valence-corrected chi connectivity index (χ3v) is 4.44. The minimum Gasteiger partial charge on any atom is -0.348 e. The molecule has 1 atom stereocenters. The van der Waals surface area contributed by atoms with Crippen molar-refractivity contribution in [2.24, 2.45) is 11.7 Å². The summed E-state index contributed by atoms with van der Waals surface area (Å²) in [6.45, 7) is 5.76. The lowest BCUT2D eigenvalue weighted by Gasteiger charge is -2.14. The molecule has 0 bridgehead atoms. The number of benzene rings is 1. The van der Waals surface area contributed by atoms with E-state index in [9.17, 15) is 9.59 Å². The van der Waals surface area contributed by atoms with Gasteiger partial charge < -0.3 is 11.1 Å². The fourth-order valence-corrected chi connectivity index (χ4v) is 3.09. The first-order chi connectivity index (χ1) is 10.4. The van der Waals surface area contributed by atoms with E-state index in [0.29, 0.717) is 0 Å². The number of Topliss-reactive ketones (excluding diaryl/α,β-unsaturated/α-hetero) is 1. The minimum atomic E-state index is -0.585. The monoisotopic (exact) mass is 319 g/mol. The number of hydrogen-bond acceptors (Lipinski definition) is 5. The van der Waals surface area contributed by atoms with Gasteiger partial charge in [0, 0.05) is 0 Å². The predicted molar refractivity (Wildman–Crippen MR) is 88.9 cm³/mol. The van der Waals surface area contributed by atoms with Crippen LogP contribution in [0.25, 0.3) is 10.2 Å². The van der Waals surface area contributed by atoms with Crippen molar-refractivity contribution >= 4 is 33.2 Å². The van der Waals surface area contributed by atoms with Crippen LogP contribution in [0, 0.1) is 12.8 Å². The van der Waals surface area contributed by atoms with Crippen LogP contribution >= 0.6 is 11.3 Å². The van der Waals surface area contributed by atoms with Crippen molar-refractivity contribution in [3.63, 3.8) is 0 Å². The normalized spacial score (nSPS) is 12.6. The Bertz CT molecular complexity index is 694. The molecule has 2 rings (SSSR count). The summed E-state index contributed by atoms with van der Waals surface area (Å²) >= 11 is 1.52. The summed E-state index contributed by atoms with van der Waals surface area (Å²) in [5, 5.41) is 3.36. The van der Waals surface area contributed by atoms with Crippen molar-refractivity contribution < 1.29 is 9.59 Å². The Morgan fingerprint density at radius 3 is 2.77 bits per heavy atom. The zero-order valence-electron chi connectivity index (χ0n) is 13.1. The molecule has 0 unspecified atom stereocenters. The summed E-state index contributed by atoms with van der Waals surface area (Å²) in [6.07, 6.45) is 0.232. The van der Waals surface area contributed by atoms with Crippen molar-refractivity contribution in [3.05, 3.63) is 28.8 Å². The molecule has 2 aromatic rings. The van der Waals surface area contributed by atoms with Crippen molar-refractivity contribution in [3.8, 4) is 0 Å². The van der Waals surface area contributed by atoms with Crippen LogP contribution < -0.4 is 11.1 Å². The zero-order chi connectivity index (χ0) is 16.3. The van der Waals surface area contributed by atoms with Crippen molar-refractivity contribution in [2.75, 3.05) is 6.54 Å². The number of ketones is 1. The third-order valence-electron chi connectivity index (χ3n) is 3.42. The summed E-state index contributed by atoms with van der Waals surface area (Å²) in [5.41, 5.74) is 7.81. The number of aromatic nitrogens is 1. The first-order valence-corrected chi connectivity index (χ1v) is 8.09. The fraction of sp³-hybridized carbons (Fsp3) is 0.438. The Labute approximate surface area is 133 Å². The summed E-state index contributed by atoms with van der Waals surface area (Å²) in [5.74, 6) is -0.314. The number of carbonyl (C=O) groups is 2. The molecule has 1 aromatic heterocycles. The van der Waals surface area contributed by atoms with E-state index in [1.54, 1.807) is 0 Å². The van der Waals surface area contributed by atoms with E-state index < -0.39 is 6.04 Å². The van der Waals surface area contributed by atoms with Gasteiger partial charge in [0.2, 0.25) is 5.91 Å². The topological polar surface area (TPSA) is 85.1 Å². The van der Waals surface area contributed by atoms with E-state index >= 15 is 0 Å². The molecule has 0 aliphatic heterocycles.